The van der Waals surface area contributed by atoms with Crippen molar-refractivity contribution in [1.82, 2.24) is 10.2 Å². The van der Waals surface area contributed by atoms with Crippen LogP contribution in [0, 0.1) is 0 Å². The maximum Gasteiger partial charge on any atom is 0.349 e. The molecule has 0 saturated heterocycles. The van der Waals surface area contributed by atoms with E-state index in [1.54, 1.807) is 62.8 Å². The molecule has 0 atom stereocenters. The molecule has 26 heavy (non-hydrogen) atoms. The molecule has 0 unspecified atom stereocenters. The predicted octanol–water partition coefficient (Wildman–Crippen LogP) is 3.53. The van der Waals surface area contributed by atoms with Crippen LogP contribution in [-0.4, -0.2) is 24.4 Å². The molecule has 0 spiro atoms. The van der Waals surface area contributed by atoms with Gasteiger partial charge in [0.05, 0.1) is 14.2 Å². The Hall–Kier alpha value is -3.61. The van der Waals surface area contributed by atoms with E-state index in [0.717, 1.165) is 11.3 Å². The first-order chi connectivity index (χ1) is 12.7. The highest BCUT2D eigenvalue weighted by atomic mass is 16.5. The summed E-state index contributed by atoms with van der Waals surface area (Å²) in [6, 6.07) is 14.0. The molecule has 0 bridgehead atoms. The summed E-state index contributed by atoms with van der Waals surface area (Å²) >= 11 is 0. The molecule has 7 nitrogen and oxygen atoms in total. The highest BCUT2D eigenvalue weighted by Gasteiger charge is 2.16. The lowest BCUT2D eigenvalue weighted by molar-refractivity contribution is 0.414. The van der Waals surface area contributed by atoms with Gasteiger partial charge in [-0.3, -0.25) is 0 Å². The molecule has 0 aliphatic heterocycles. The van der Waals surface area contributed by atoms with Crippen molar-refractivity contribution >= 4 is 11.0 Å². The van der Waals surface area contributed by atoms with Crippen LogP contribution >= 0.6 is 0 Å². The van der Waals surface area contributed by atoms with E-state index in [1.165, 1.54) is 0 Å². The Morgan fingerprint density at radius 1 is 0.808 bits per heavy atom. The van der Waals surface area contributed by atoms with Crippen molar-refractivity contribution in [2.45, 2.75) is 0 Å². The molecule has 4 aromatic rings. The van der Waals surface area contributed by atoms with Crippen molar-refractivity contribution in [2.24, 2.45) is 0 Å². The summed E-state index contributed by atoms with van der Waals surface area (Å²) in [7, 11) is 3.16. The van der Waals surface area contributed by atoms with Gasteiger partial charge in [-0.05, 0) is 48.5 Å². The number of aromatic nitrogens is 2. The molecule has 2 aromatic heterocycles. The summed E-state index contributed by atoms with van der Waals surface area (Å²) in [6.45, 7) is 0. The molecule has 2 aromatic carbocycles. The van der Waals surface area contributed by atoms with Gasteiger partial charge in [0.2, 0.25) is 5.89 Å². The highest BCUT2D eigenvalue weighted by molar-refractivity contribution is 5.81. The summed E-state index contributed by atoms with van der Waals surface area (Å²) < 4.78 is 21.3. The quantitative estimate of drug-likeness (QED) is 0.520. The number of nitrogens with zero attached hydrogens (tertiary/aromatic N) is 2. The molecule has 2 heterocycles. The van der Waals surface area contributed by atoms with E-state index in [-0.39, 0.29) is 11.5 Å². The molecule has 0 aliphatic rings. The Kier molecular flexibility index (Phi) is 3.89. The van der Waals surface area contributed by atoms with E-state index in [1.807, 2.05) is 0 Å². The van der Waals surface area contributed by atoms with Gasteiger partial charge < -0.3 is 18.3 Å². The lowest BCUT2D eigenvalue weighted by Gasteiger charge is -2.02. The van der Waals surface area contributed by atoms with Crippen molar-refractivity contribution in [1.29, 1.82) is 0 Å². The predicted molar refractivity (Wildman–Crippen MR) is 94.3 cm³/mol. The zero-order chi connectivity index (χ0) is 18.1. The molecule has 4 rings (SSSR count). The topological polar surface area (TPSA) is 87.6 Å². The Morgan fingerprint density at radius 3 is 2.23 bits per heavy atom. The maximum atomic E-state index is 12.3. The first-order valence-corrected chi connectivity index (χ1v) is 7.78. The Balaban J connectivity index is 1.76. The normalized spacial score (nSPS) is 10.8. The lowest BCUT2D eigenvalue weighted by Crippen LogP contribution is -2.02. The third-order valence-corrected chi connectivity index (χ3v) is 3.93. The molecule has 130 valence electrons. The number of hydrogen-bond donors (Lipinski definition) is 0. The summed E-state index contributed by atoms with van der Waals surface area (Å²) in [6.07, 6.45) is 0. The van der Waals surface area contributed by atoms with Gasteiger partial charge in [0.15, 0.2) is 0 Å². The number of benzene rings is 2. The van der Waals surface area contributed by atoms with E-state index in [9.17, 15) is 4.79 Å². The Morgan fingerprint density at radius 2 is 1.50 bits per heavy atom. The minimum atomic E-state index is -0.549. The molecular formula is C19H14N2O5. The molecule has 0 radical (unpaired) electrons. The highest BCUT2D eigenvalue weighted by Crippen LogP contribution is 2.27. The summed E-state index contributed by atoms with van der Waals surface area (Å²) in [4.78, 5) is 12.3. The molecule has 0 amide bonds. The Labute approximate surface area is 147 Å². The van der Waals surface area contributed by atoms with E-state index >= 15 is 0 Å². The minimum absolute atomic E-state index is 0.0919. The Bertz CT molecular complexity index is 1130. The van der Waals surface area contributed by atoms with Gasteiger partial charge in [-0.2, -0.15) is 0 Å². The van der Waals surface area contributed by atoms with Gasteiger partial charge in [-0.1, -0.05) is 0 Å². The van der Waals surface area contributed by atoms with Crippen LogP contribution in [0.25, 0.3) is 33.9 Å². The van der Waals surface area contributed by atoms with E-state index in [0.29, 0.717) is 22.6 Å². The van der Waals surface area contributed by atoms with Crippen LogP contribution in [-0.2, 0) is 0 Å². The third-order valence-electron chi connectivity index (χ3n) is 3.93. The SMILES string of the molecule is COc1ccc(-c2nnc(-c3cc4cc(OC)ccc4oc3=O)o2)cc1. The summed E-state index contributed by atoms with van der Waals surface area (Å²) in [5, 5.41) is 8.68. The first kappa shape index (κ1) is 15.9. The van der Waals surface area contributed by atoms with Gasteiger partial charge in [0.25, 0.3) is 5.89 Å². The first-order valence-electron chi connectivity index (χ1n) is 7.78. The second-order valence-corrected chi connectivity index (χ2v) is 5.49. The average Bonchev–Trinajstić information content (AvgIpc) is 3.17. The van der Waals surface area contributed by atoms with Gasteiger partial charge >= 0.3 is 5.63 Å². The van der Waals surface area contributed by atoms with E-state index in [4.69, 9.17) is 18.3 Å². The molecule has 0 aliphatic carbocycles. The van der Waals surface area contributed by atoms with Crippen LogP contribution in [0.15, 0.2) is 62.2 Å². The van der Waals surface area contributed by atoms with Gasteiger partial charge in [0, 0.05) is 10.9 Å². The average molecular weight is 350 g/mol. The number of rotatable bonds is 4. The molecular weight excluding hydrogens is 336 g/mol. The number of fused-ring (bicyclic) bond motifs is 1. The smallest absolute Gasteiger partial charge is 0.349 e. The van der Waals surface area contributed by atoms with Crippen LogP contribution in [0.2, 0.25) is 0 Å². The standard InChI is InChI=1S/C19H14N2O5/c1-23-13-5-3-11(4-6-13)17-20-21-18(26-17)15-10-12-9-14(24-2)7-8-16(12)25-19(15)22/h3-10H,1-2H3. The fourth-order valence-corrected chi connectivity index (χ4v) is 2.56. The van der Waals surface area contributed by atoms with Crippen molar-refractivity contribution in [3.8, 4) is 34.4 Å². The van der Waals surface area contributed by atoms with Gasteiger partial charge in [-0.15, -0.1) is 10.2 Å². The fraction of sp³-hybridized carbons (Fsp3) is 0.105. The number of hydrogen-bond acceptors (Lipinski definition) is 7. The minimum Gasteiger partial charge on any atom is -0.497 e. The zero-order valence-electron chi connectivity index (χ0n) is 14.1. The van der Waals surface area contributed by atoms with Crippen molar-refractivity contribution in [2.75, 3.05) is 14.2 Å². The lowest BCUT2D eigenvalue weighted by atomic mass is 10.2. The van der Waals surface area contributed by atoms with Crippen LogP contribution in [0.1, 0.15) is 0 Å². The number of methoxy groups -OCH3 is 2. The van der Waals surface area contributed by atoms with Crippen molar-refractivity contribution < 1.29 is 18.3 Å². The third kappa shape index (κ3) is 2.79. The second-order valence-electron chi connectivity index (χ2n) is 5.49. The zero-order valence-corrected chi connectivity index (χ0v) is 14.1. The molecule has 7 heteroatoms. The largest absolute Gasteiger partial charge is 0.497 e. The van der Waals surface area contributed by atoms with Gasteiger partial charge in [0.1, 0.15) is 22.6 Å². The van der Waals surface area contributed by atoms with E-state index < -0.39 is 5.63 Å². The maximum absolute atomic E-state index is 12.3. The van der Waals surface area contributed by atoms with Crippen LogP contribution < -0.4 is 15.1 Å². The number of ether oxygens (including phenoxy) is 2. The monoisotopic (exact) mass is 350 g/mol. The second kappa shape index (κ2) is 6.36. The van der Waals surface area contributed by atoms with Crippen LogP contribution in [0.3, 0.4) is 0 Å². The van der Waals surface area contributed by atoms with Crippen molar-refractivity contribution in [3.05, 3.63) is 59.0 Å². The van der Waals surface area contributed by atoms with Gasteiger partial charge in [-0.25, -0.2) is 4.79 Å². The molecule has 0 fully saturated rings. The summed E-state index contributed by atoms with van der Waals surface area (Å²) in [5.41, 5.74) is 0.816. The van der Waals surface area contributed by atoms with Crippen LogP contribution in [0.4, 0.5) is 0 Å². The van der Waals surface area contributed by atoms with Crippen molar-refractivity contribution in [3.63, 3.8) is 0 Å². The summed E-state index contributed by atoms with van der Waals surface area (Å²) in [5.74, 6) is 1.77. The fourth-order valence-electron chi connectivity index (χ4n) is 2.56. The van der Waals surface area contributed by atoms with E-state index in [2.05, 4.69) is 10.2 Å². The molecule has 0 N–H and O–H groups in total. The molecule has 0 saturated carbocycles. The van der Waals surface area contributed by atoms with Crippen LogP contribution in [0.5, 0.6) is 11.5 Å².